The minimum absolute atomic E-state index is 0.0334. The van der Waals surface area contributed by atoms with Gasteiger partial charge < -0.3 is 0 Å². The van der Waals surface area contributed by atoms with Crippen LogP contribution < -0.4 is 4.72 Å². The summed E-state index contributed by atoms with van der Waals surface area (Å²) in [6.45, 7) is 0. The smallest absolute Gasteiger partial charge is 0.151 e. The van der Waals surface area contributed by atoms with Crippen molar-refractivity contribution in [1.82, 2.24) is 3.97 Å². The fourth-order valence-corrected chi connectivity index (χ4v) is 5.10. The van der Waals surface area contributed by atoms with Crippen LogP contribution in [0.5, 0.6) is 0 Å². The molecule has 1 aliphatic rings. The van der Waals surface area contributed by atoms with Gasteiger partial charge in [-0.05, 0) is 40.9 Å². The van der Waals surface area contributed by atoms with Gasteiger partial charge in [0.1, 0.15) is 11.6 Å². The molecule has 1 aromatic carbocycles. The standard InChI is InChI=1S/C14H12BrF2IN2OS2/c15-10-5-12(17)13(6-11(10)16)19-23(21)9-4-14(8-2-1-3-8)20(7-9)22-18/h4-8,19H,1-3H2. The van der Waals surface area contributed by atoms with E-state index in [0.717, 1.165) is 30.7 Å². The Hall–Kier alpha value is -0.130. The molecule has 0 spiro atoms. The largest absolute Gasteiger partial charge is 0.298 e. The molecular formula is C14H12BrF2IN2OS2. The first-order valence-corrected chi connectivity index (χ1v) is 12.1. The second-order valence-electron chi connectivity index (χ2n) is 5.24. The normalized spacial score (nSPS) is 16.2. The molecule has 1 saturated carbocycles. The number of benzene rings is 1. The SMILES string of the molecule is O=S(Nc1cc(F)c(Br)cc1F)c1cc(C2CCC2)n(SI)c1. The van der Waals surface area contributed by atoms with E-state index in [4.69, 9.17) is 0 Å². The molecule has 1 aromatic heterocycles. The molecule has 1 fully saturated rings. The zero-order valence-corrected chi connectivity index (χ0v) is 17.1. The first kappa shape index (κ1) is 17.7. The van der Waals surface area contributed by atoms with Gasteiger partial charge in [0.2, 0.25) is 0 Å². The van der Waals surface area contributed by atoms with Gasteiger partial charge in [0, 0.05) is 54.2 Å². The third-order valence-electron chi connectivity index (χ3n) is 3.81. The second-order valence-corrected chi connectivity index (χ2v) is 9.02. The Balaban J connectivity index is 1.83. The van der Waals surface area contributed by atoms with Crippen LogP contribution in [0.4, 0.5) is 14.5 Å². The average Bonchev–Trinajstić information content (AvgIpc) is 2.87. The van der Waals surface area contributed by atoms with Crippen LogP contribution in [-0.2, 0) is 11.0 Å². The van der Waals surface area contributed by atoms with Gasteiger partial charge in [0.15, 0.2) is 11.0 Å². The Labute approximate surface area is 160 Å². The summed E-state index contributed by atoms with van der Waals surface area (Å²) in [5, 5.41) is 0. The number of halogens is 4. The Morgan fingerprint density at radius 1 is 1.30 bits per heavy atom. The summed E-state index contributed by atoms with van der Waals surface area (Å²) < 4.78 is 44.4. The molecule has 3 nitrogen and oxygen atoms in total. The van der Waals surface area contributed by atoms with E-state index in [1.54, 1.807) is 6.20 Å². The quantitative estimate of drug-likeness (QED) is 0.391. The zero-order valence-electron chi connectivity index (χ0n) is 11.7. The van der Waals surface area contributed by atoms with E-state index in [1.807, 2.05) is 10.0 Å². The summed E-state index contributed by atoms with van der Waals surface area (Å²) >= 11 is 5.09. The van der Waals surface area contributed by atoms with Gasteiger partial charge in [-0.1, -0.05) is 6.42 Å². The summed E-state index contributed by atoms with van der Waals surface area (Å²) in [6, 6.07) is 3.89. The molecule has 0 bridgehead atoms. The summed E-state index contributed by atoms with van der Waals surface area (Å²) in [5.41, 5.74) is 1.01. The third-order valence-corrected chi connectivity index (χ3v) is 7.22. The summed E-state index contributed by atoms with van der Waals surface area (Å²) in [4.78, 5) is 0.554. The number of nitrogens with zero attached hydrogens (tertiary/aromatic N) is 1. The Kier molecular flexibility index (Phi) is 5.69. The van der Waals surface area contributed by atoms with Gasteiger partial charge >= 0.3 is 0 Å². The summed E-state index contributed by atoms with van der Waals surface area (Å²) in [7, 11) is -0.145. The van der Waals surface area contributed by atoms with E-state index in [2.05, 4.69) is 41.9 Å². The van der Waals surface area contributed by atoms with Gasteiger partial charge in [0.05, 0.1) is 15.1 Å². The topological polar surface area (TPSA) is 34.0 Å². The number of aromatic nitrogens is 1. The molecule has 2 aromatic rings. The molecule has 1 aliphatic carbocycles. The highest BCUT2D eigenvalue weighted by molar-refractivity contribution is 14.2. The predicted molar refractivity (Wildman–Crippen MR) is 102 cm³/mol. The van der Waals surface area contributed by atoms with E-state index in [-0.39, 0.29) is 10.2 Å². The molecule has 124 valence electrons. The molecular weight excluding hydrogens is 521 g/mol. The molecule has 0 saturated heterocycles. The lowest BCUT2D eigenvalue weighted by Gasteiger charge is -2.25. The molecule has 0 radical (unpaired) electrons. The van der Waals surface area contributed by atoms with E-state index >= 15 is 0 Å². The highest BCUT2D eigenvalue weighted by Gasteiger charge is 2.25. The molecule has 1 N–H and O–H groups in total. The van der Waals surface area contributed by atoms with Crippen LogP contribution in [0.2, 0.25) is 0 Å². The summed E-state index contributed by atoms with van der Waals surface area (Å²) in [5.74, 6) is -0.778. The van der Waals surface area contributed by atoms with E-state index < -0.39 is 22.6 Å². The molecule has 1 atom stereocenters. The highest BCUT2D eigenvalue weighted by Crippen LogP contribution is 2.40. The maximum absolute atomic E-state index is 13.8. The Bertz CT molecular complexity index is 767. The lowest BCUT2D eigenvalue weighted by atomic mass is 9.83. The molecule has 9 heteroatoms. The number of rotatable bonds is 5. The van der Waals surface area contributed by atoms with Crippen molar-refractivity contribution in [3.63, 3.8) is 0 Å². The predicted octanol–water partition coefficient (Wildman–Crippen LogP) is 5.78. The molecule has 1 unspecified atom stereocenters. The lowest BCUT2D eigenvalue weighted by Crippen LogP contribution is -2.11. The van der Waals surface area contributed by atoms with Gasteiger partial charge in [-0.25, -0.2) is 13.0 Å². The average molecular weight is 533 g/mol. The molecule has 0 amide bonds. The van der Waals surface area contributed by atoms with Crippen LogP contribution in [0, 0.1) is 11.6 Å². The van der Waals surface area contributed by atoms with Crippen molar-refractivity contribution < 1.29 is 13.0 Å². The van der Waals surface area contributed by atoms with Crippen molar-refractivity contribution in [2.45, 2.75) is 30.1 Å². The number of hydrogen-bond acceptors (Lipinski definition) is 2. The zero-order chi connectivity index (χ0) is 16.6. The number of anilines is 1. The minimum atomic E-state index is -1.65. The second kappa shape index (κ2) is 7.40. The van der Waals surface area contributed by atoms with Crippen molar-refractivity contribution in [3.05, 3.63) is 46.2 Å². The van der Waals surface area contributed by atoms with Crippen molar-refractivity contribution in [3.8, 4) is 0 Å². The minimum Gasteiger partial charge on any atom is -0.298 e. The monoisotopic (exact) mass is 532 g/mol. The maximum atomic E-state index is 13.8. The molecule has 23 heavy (non-hydrogen) atoms. The van der Waals surface area contributed by atoms with Crippen molar-refractivity contribution >= 4 is 62.9 Å². The van der Waals surface area contributed by atoms with Gasteiger partial charge in [-0.3, -0.25) is 8.69 Å². The highest BCUT2D eigenvalue weighted by atomic mass is 127. The summed E-state index contributed by atoms with van der Waals surface area (Å²) in [6.07, 6.45) is 5.25. The molecule has 1 heterocycles. The van der Waals surface area contributed by atoms with E-state index in [9.17, 15) is 13.0 Å². The number of nitrogens with one attached hydrogen (secondary N) is 1. The lowest BCUT2D eigenvalue weighted by molar-refractivity contribution is 0.410. The third kappa shape index (κ3) is 3.77. The molecule has 3 rings (SSSR count). The van der Waals surface area contributed by atoms with Crippen LogP contribution in [0.15, 0.2) is 33.8 Å². The Morgan fingerprint density at radius 2 is 2.04 bits per heavy atom. The molecule has 0 aliphatic heterocycles. The van der Waals surface area contributed by atoms with Gasteiger partial charge in [0.25, 0.3) is 0 Å². The van der Waals surface area contributed by atoms with Crippen LogP contribution in [-0.4, -0.2) is 8.18 Å². The van der Waals surface area contributed by atoms with E-state index in [1.165, 1.54) is 15.5 Å². The van der Waals surface area contributed by atoms with Gasteiger partial charge in [-0.15, -0.1) is 0 Å². The fourth-order valence-electron chi connectivity index (χ4n) is 2.36. The van der Waals surface area contributed by atoms with Gasteiger partial charge in [-0.2, -0.15) is 0 Å². The fraction of sp³-hybridized carbons (Fsp3) is 0.286. The van der Waals surface area contributed by atoms with Crippen LogP contribution >= 0.6 is 46.3 Å². The van der Waals surface area contributed by atoms with Crippen molar-refractivity contribution in [2.75, 3.05) is 4.72 Å². The van der Waals surface area contributed by atoms with Crippen LogP contribution in [0.25, 0.3) is 0 Å². The van der Waals surface area contributed by atoms with E-state index in [0.29, 0.717) is 10.8 Å². The Morgan fingerprint density at radius 3 is 2.65 bits per heavy atom. The van der Waals surface area contributed by atoms with Crippen molar-refractivity contribution in [2.24, 2.45) is 0 Å². The first-order chi connectivity index (χ1) is 11.0. The first-order valence-electron chi connectivity index (χ1n) is 6.84. The maximum Gasteiger partial charge on any atom is 0.151 e. The van der Waals surface area contributed by atoms with Crippen LogP contribution in [0.3, 0.4) is 0 Å². The number of hydrogen-bond donors (Lipinski definition) is 1. The van der Waals surface area contributed by atoms with Crippen LogP contribution in [0.1, 0.15) is 30.9 Å². The van der Waals surface area contributed by atoms with Crippen molar-refractivity contribution in [1.29, 1.82) is 0 Å².